The number of nitrogens with zero attached hydrogens (tertiary/aromatic N) is 2. The molecule has 0 saturated carbocycles. The first kappa shape index (κ1) is 20.4. The Morgan fingerprint density at radius 1 is 1.14 bits per heavy atom. The molecular weight excluding hydrogens is 348 g/mol. The lowest BCUT2D eigenvalue weighted by molar-refractivity contribution is -0.131. The standard InChI is InChI=1S/C24H32N2O2/c1-25-15-8-11-21(18-25)19-26(16-14-20-9-4-3-5-10-20)24(27)17-22-12-6-7-13-23(22)28-2/h3-7,9-10,12-13,21H,8,11,14-19H2,1-2H3. The van der Waals surface area contributed by atoms with Crippen LogP contribution in [0, 0.1) is 5.92 Å². The second kappa shape index (κ2) is 10.3. The van der Waals surface area contributed by atoms with Crippen molar-refractivity contribution in [1.82, 2.24) is 9.80 Å². The number of hydrogen-bond donors (Lipinski definition) is 0. The molecule has 0 radical (unpaired) electrons. The second-order valence-electron chi connectivity index (χ2n) is 7.83. The first-order valence-electron chi connectivity index (χ1n) is 10.3. The molecular formula is C24H32N2O2. The van der Waals surface area contributed by atoms with Crippen LogP contribution in [0.3, 0.4) is 0 Å². The van der Waals surface area contributed by atoms with Gasteiger partial charge in [0.15, 0.2) is 0 Å². The van der Waals surface area contributed by atoms with E-state index in [1.54, 1.807) is 7.11 Å². The summed E-state index contributed by atoms with van der Waals surface area (Å²) in [5, 5.41) is 0. The normalized spacial score (nSPS) is 17.3. The van der Waals surface area contributed by atoms with Gasteiger partial charge in [-0.25, -0.2) is 0 Å². The van der Waals surface area contributed by atoms with Crippen LogP contribution in [0.4, 0.5) is 0 Å². The number of benzene rings is 2. The summed E-state index contributed by atoms with van der Waals surface area (Å²) in [6, 6.07) is 18.3. The third kappa shape index (κ3) is 5.83. The van der Waals surface area contributed by atoms with Crippen molar-refractivity contribution in [2.75, 3.05) is 40.3 Å². The maximum atomic E-state index is 13.2. The predicted molar refractivity (Wildman–Crippen MR) is 114 cm³/mol. The van der Waals surface area contributed by atoms with Crippen molar-refractivity contribution in [1.29, 1.82) is 0 Å². The van der Waals surface area contributed by atoms with Gasteiger partial charge in [-0.2, -0.15) is 0 Å². The van der Waals surface area contributed by atoms with Gasteiger partial charge in [-0.05, 0) is 50.4 Å². The molecule has 4 heteroatoms. The maximum absolute atomic E-state index is 13.2. The van der Waals surface area contributed by atoms with Crippen LogP contribution in [0.2, 0.25) is 0 Å². The highest BCUT2D eigenvalue weighted by atomic mass is 16.5. The van der Waals surface area contributed by atoms with Gasteiger partial charge in [0.25, 0.3) is 0 Å². The molecule has 1 atom stereocenters. The Hall–Kier alpha value is -2.33. The summed E-state index contributed by atoms with van der Waals surface area (Å²) in [7, 11) is 3.84. The van der Waals surface area contributed by atoms with Crippen LogP contribution in [0.5, 0.6) is 5.75 Å². The lowest BCUT2D eigenvalue weighted by Gasteiger charge is -2.34. The van der Waals surface area contributed by atoms with Crippen molar-refractivity contribution in [2.45, 2.75) is 25.7 Å². The van der Waals surface area contributed by atoms with Crippen molar-refractivity contribution in [3.63, 3.8) is 0 Å². The van der Waals surface area contributed by atoms with E-state index in [1.807, 2.05) is 30.3 Å². The average molecular weight is 381 g/mol. The van der Waals surface area contributed by atoms with Crippen LogP contribution in [-0.2, 0) is 17.6 Å². The number of para-hydroxylation sites is 1. The number of rotatable bonds is 8. The number of likely N-dealkylation sites (tertiary alicyclic amines) is 1. The van der Waals surface area contributed by atoms with Gasteiger partial charge in [0.05, 0.1) is 13.5 Å². The summed E-state index contributed by atoms with van der Waals surface area (Å²) in [4.78, 5) is 17.7. The van der Waals surface area contributed by atoms with E-state index in [9.17, 15) is 4.79 Å². The summed E-state index contributed by atoms with van der Waals surface area (Å²) >= 11 is 0. The average Bonchev–Trinajstić information content (AvgIpc) is 2.72. The smallest absolute Gasteiger partial charge is 0.227 e. The Balaban J connectivity index is 1.69. The number of ether oxygens (including phenoxy) is 1. The van der Waals surface area contributed by atoms with Gasteiger partial charge in [0.2, 0.25) is 5.91 Å². The Labute approximate surface area is 169 Å². The Kier molecular flexibility index (Phi) is 7.49. The van der Waals surface area contributed by atoms with E-state index >= 15 is 0 Å². The number of piperidine rings is 1. The lowest BCUT2D eigenvalue weighted by Crippen LogP contribution is -2.43. The minimum atomic E-state index is 0.189. The SMILES string of the molecule is COc1ccccc1CC(=O)N(CCc1ccccc1)CC1CCCN(C)C1. The first-order valence-corrected chi connectivity index (χ1v) is 10.3. The van der Waals surface area contributed by atoms with Gasteiger partial charge in [0, 0.05) is 25.2 Å². The Morgan fingerprint density at radius 2 is 1.89 bits per heavy atom. The molecule has 1 saturated heterocycles. The molecule has 150 valence electrons. The fraction of sp³-hybridized carbons (Fsp3) is 0.458. The number of carbonyl (C=O) groups excluding carboxylic acids is 1. The van der Waals surface area contributed by atoms with E-state index in [1.165, 1.54) is 18.4 Å². The molecule has 1 amide bonds. The molecule has 3 rings (SSSR count). The van der Waals surface area contributed by atoms with Gasteiger partial charge in [-0.1, -0.05) is 48.5 Å². The molecule has 2 aromatic rings. The van der Waals surface area contributed by atoms with E-state index in [0.717, 1.165) is 43.9 Å². The molecule has 1 aliphatic heterocycles. The lowest BCUT2D eigenvalue weighted by atomic mass is 9.97. The van der Waals surface area contributed by atoms with Crippen molar-refractivity contribution in [3.05, 3.63) is 65.7 Å². The van der Waals surface area contributed by atoms with Gasteiger partial charge < -0.3 is 14.5 Å². The van der Waals surface area contributed by atoms with E-state index in [2.05, 4.69) is 41.1 Å². The fourth-order valence-electron chi connectivity index (χ4n) is 4.08. The first-order chi connectivity index (χ1) is 13.7. The molecule has 0 N–H and O–H groups in total. The number of carbonyl (C=O) groups is 1. The van der Waals surface area contributed by atoms with E-state index < -0.39 is 0 Å². The maximum Gasteiger partial charge on any atom is 0.227 e. The number of amides is 1. The highest BCUT2D eigenvalue weighted by Crippen LogP contribution is 2.21. The molecule has 0 aromatic heterocycles. The van der Waals surface area contributed by atoms with E-state index in [0.29, 0.717) is 12.3 Å². The van der Waals surface area contributed by atoms with Gasteiger partial charge in [-0.3, -0.25) is 4.79 Å². The van der Waals surface area contributed by atoms with Crippen LogP contribution >= 0.6 is 0 Å². The summed E-state index contributed by atoms with van der Waals surface area (Å²) in [6.07, 6.45) is 3.70. The molecule has 0 aliphatic carbocycles. The minimum Gasteiger partial charge on any atom is -0.496 e. The van der Waals surface area contributed by atoms with Crippen LogP contribution < -0.4 is 4.74 Å². The van der Waals surface area contributed by atoms with Crippen molar-refractivity contribution >= 4 is 5.91 Å². The molecule has 1 unspecified atom stereocenters. The molecule has 1 aliphatic rings. The van der Waals surface area contributed by atoms with Crippen molar-refractivity contribution < 1.29 is 9.53 Å². The predicted octanol–water partition coefficient (Wildman–Crippen LogP) is 3.65. The summed E-state index contributed by atoms with van der Waals surface area (Å²) in [6.45, 7) is 3.84. The monoisotopic (exact) mass is 380 g/mol. The van der Waals surface area contributed by atoms with Crippen LogP contribution in [-0.4, -0.2) is 56.0 Å². The van der Waals surface area contributed by atoms with Crippen LogP contribution in [0.15, 0.2) is 54.6 Å². The topological polar surface area (TPSA) is 32.8 Å². The van der Waals surface area contributed by atoms with Crippen molar-refractivity contribution in [3.8, 4) is 5.75 Å². The van der Waals surface area contributed by atoms with Gasteiger partial charge in [0.1, 0.15) is 5.75 Å². The summed E-state index contributed by atoms with van der Waals surface area (Å²) in [5.41, 5.74) is 2.24. The van der Waals surface area contributed by atoms with Gasteiger partial charge in [-0.15, -0.1) is 0 Å². The molecule has 0 bridgehead atoms. The summed E-state index contributed by atoms with van der Waals surface area (Å²) in [5.74, 6) is 1.53. The molecule has 1 heterocycles. The zero-order valence-electron chi connectivity index (χ0n) is 17.1. The highest BCUT2D eigenvalue weighted by molar-refractivity contribution is 5.79. The Bertz CT molecular complexity index is 747. The van der Waals surface area contributed by atoms with Crippen LogP contribution in [0.25, 0.3) is 0 Å². The number of methoxy groups -OCH3 is 1. The highest BCUT2D eigenvalue weighted by Gasteiger charge is 2.23. The fourth-order valence-corrected chi connectivity index (χ4v) is 4.08. The number of hydrogen-bond acceptors (Lipinski definition) is 3. The molecule has 28 heavy (non-hydrogen) atoms. The van der Waals surface area contributed by atoms with E-state index in [-0.39, 0.29) is 5.91 Å². The molecule has 2 aromatic carbocycles. The zero-order chi connectivity index (χ0) is 19.8. The van der Waals surface area contributed by atoms with Gasteiger partial charge >= 0.3 is 0 Å². The molecule has 4 nitrogen and oxygen atoms in total. The van der Waals surface area contributed by atoms with Crippen molar-refractivity contribution in [2.24, 2.45) is 5.92 Å². The summed E-state index contributed by atoms with van der Waals surface area (Å²) < 4.78 is 5.44. The minimum absolute atomic E-state index is 0.189. The third-order valence-electron chi connectivity index (χ3n) is 5.60. The Morgan fingerprint density at radius 3 is 2.64 bits per heavy atom. The second-order valence-corrected chi connectivity index (χ2v) is 7.83. The van der Waals surface area contributed by atoms with E-state index in [4.69, 9.17) is 4.74 Å². The largest absolute Gasteiger partial charge is 0.496 e. The third-order valence-corrected chi connectivity index (χ3v) is 5.60. The quantitative estimate of drug-likeness (QED) is 0.701. The zero-order valence-corrected chi connectivity index (χ0v) is 17.1. The molecule has 1 fully saturated rings. The molecule has 0 spiro atoms. The van der Waals surface area contributed by atoms with Crippen LogP contribution in [0.1, 0.15) is 24.0 Å².